The number of fused-ring (bicyclic) bond motifs is 1. The largest absolute Gasteiger partial charge is 0.508 e. The number of nitrogens with one attached hydrogen (secondary N) is 1. The average Bonchev–Trinajstić information content (AvgIpc) is 2.63. The lowest BCUT2D eigenvalue weighted by molar-refractivity contribution is -0.143. The molecule has 0 saturated carbocycles. The van der Waals surface area contributed by atoms with Gasteiger partial charge in [0, 0.05) is 17.7 Å². The normalized spacial score (nSPS) is 18.1. The zero-order chi connectivity index (χ0) is 10.8. The molecule has 1 aromatic rings. The van der Waals surface area contributed by atoms with Crippen LogP contribution >= 0.6 is 0 Å². The zero-order valence-corrected chi connectivity index (χ0v) is 8.49. The summed E-state index contributed by atoms with van der Waals surface area (Å²) >= 11 is 0. The van der Waals surface area contributed by atoms with Gasteiger partial charge in [-0.2, -0.15) is 0 Å². The summed E-state index contributed by atoms with van der Waals surface area (Å²) in [5.41, 5.74) is 1.60. The van der Waals surface area contributed by atoms with Crippen LogP contribution < -0.4 is 5.32 Å². The van der Waals surface area contributed by atoms with E-state index >= 15 is 0 Å². The summed E-state index contributed by atoms with van der Waals surface area (Å²) in [7, 11) is 0. The van der Waals surface area contributed by atoms with Crippen molar-refractivity contribution in [3.8, 4) is 5.75 Å². The Morgan fingerprint density at radius 1 is 1.67 bits per heavy atom. The van der Waals surface area contributed by atoms with E-state index in [0.29, 0.717) is 13.0 Å². The molecule has 0 aliphatic carbocycles. The number of benzene rings is 1. The summed E-state index contributed by atoms with van der Waals surface area (Å²) in [6.07, 6.45) is 0.487. The monoisotopic (exact) mass is 207 g/mol. The van der Waals surface area contributed by atoms with Crippen LogP contribution in [0.1, 0.15) is 12.5 Å². The van der Waals surface area contributed by atoms with Gasteiger partial charge in [-0.05, 0) is 19.1 Å². The first kappa shape index (κ1) is 9.83. The summed E-state index contributed by atoms with van der Waals surface area (Å²) in [4.78, 5) is 11.5. The molecule has 80 valence electrons. The second kappa shape index (κ2) is 3.81. The number of ether oxygens (including phenoxy) is 1. The molecule has 0 fully saturated rings. The molecule has 1 aromatic carbocycles. The first-order chi connectivity index (χ1) is 7.22. The molecule has 0 spiro atoms. The van der Waals surface area contributed by atoms with Crippen LogP contribution in [0.15, 0.2) is 18.2 Å². The molecule has 2 rings (SSSR count). The van der Waals surface area contributed by atoms with E-state index in [-0.39, 0.29) is 17.8 Å². The lowest BCUT2D eigenvalue weighted by atomic mass is 10.1. The van der Waals surface area contributed by atoms with Gasteiger partial charge in [0.25, 0.3) is 0 Å². The van der Waals surface area contributed by atoms with Gasteiger partial charge in [-0.25, -0.2) is 4.79 Å². The minimum atomic E-state index is -0.367. The quantitative estimate of drug-likeness (QED) is 0.717. The van der Waals surface area contributed by atoms with Crippen LogP contribution in [0.2, 0.25) is 0 Å². The van der Waals surface area contributed by atoms with Gasteiger partial charge in [0.1, 0.15) is 11.8 Å². The Morgan fingerprint density at radius 2 is 2.47 bits per heavy atom. The molecule has 4 heteroatoms. The second-order valence-corrected chi connectivity index (χ2v) is 3.46. The van der Waals surface area contributed by atoms with Crippen LogP contribution in [0.4, 0.5) is 5.69 Å². The molecule has 0 aromatic heterocycles. The lowest BCUT2D eigenvalue weighted by Gasteiger charge is -2.09. The third kappa shape index (κ3) is 1.75. The summed E-state index contributed by atoms with van der Waals surface area (Å²) in [5.74, 6) is -0.0418. The molecule has 0 amide bonds. The molecular formula is C11H13NO3. The summed E-state index contributed by atoms with van der Waals surface area (Å²) < 4.78 is 4.91. The summed E-state index contributed by atoms with van der Waals surface area (Å²) in [6.45, 7) is 2.15. The Kier molecular flexibility index (Phi) is 2.49. The topological polar surface area (TPSA) is 58.6 Å². The van der Waals surface area contributed by atoms with Crippen molar-refractivity contribution >= 4 is 11.7 Å². The number of hydrogen-bond donors (Lipinski definition) is 2. The number of phenolic OH excluding ortho intramolecular Hbond substituents is 1. The molecule has 0 radical (unpaired) electrons. The Bertz CT molecular complexity index is 389. The number of carbonyl (C=O) groups excluding carboxylic acids is 1. The number of carbonyl (C=O) groups is 1. The number of anilines is 1. The predicted octanol–water partition coefficient (Wildman–Crippen LogP) is 1.29. The highest BCUT2D eigenvalue weighted by molar-refractivity contribution is 5.83. The van der Waals surface area contributed by atoms with E-state index in [1.807, 2.05) is 6.07 Å². The fraction of sp³-hybridized carbons (Fsp3) is 0.364. The van der Waals surface area contributed by atoms with Crippen LogP contribution in [0.5, 0.6) is 5.75 Å². The van der Waals surface area contributed by atoms with Crippen molar-refractivity contribution in [3.63, 3.8) is 0 Å². The number of rotatable bonds is 2. The van der Waals surface area contributed by atoms with Gasteiger partial charge in [0.15, 0.2) is 0 Å². The number of hydrogen-bond acceptors (Lipinski definition) is 4. The SMILES string of the molecule is CCOC(=O)C1Cc2c(O)cccc2N1. The number of esters is 1. The van der Waals surface area contributed by atoms with Crippen LogP contribution in [0, 0.1) is 0 Å². The van der Waals surface area contributed by atoms with Crippen molar-refractivity contribution < 1.29 is 14.6 Å². The minimum absolute atomic E-state index is 0.229. The van der Waals surface area contributed by atoms with Crippen molar-refractivity contribution in [2.24, 2.45) is 0 Å². The van der Waals surface area contributed by atoms with Crippen LogP contribution in [0.25, 0.3) is 0 Å². The first-order valence-corrected chi connectivity index (χ1v) is 4.96. The smallest absolute Gasteiger partial charge is 0.328 e. The van der Waals surface area contributed by atoms with Crippen LogP contribution in [-0.4, -0.2) is 23.7 Å². The van der Waals surface area contributed by atoms with Gasteiger partial charge in [-0.1, -0.05) is 6.07 Å². The number of phenols is 1. The summed E-state index contributed by atoms with van der Waals surface area (Å²) in [5, 5.41) is 12.6. The predicted molar refractivity (Wildman–Crippen MR) is 55.9 cm³/mol. The van der Waals surface area contributed by atoms with E-state index in [0.717, 1.165) is 11.3 Å². The minimum Gasteiger partial charge on any atom is -0.508 e. The molecule has 1 heterocycles. The molecule has 0 saturated heterocycles. The van der Waals surface area contributed by atoms with Gasteiger partial charge in [0.05, 0.1) is 6.61 Å². The first-order valence-electron chi connectivity index (χ1n) is 4.96. The van der Waals surface area contributed by atoms with Gasteiger partial charge in [-0.15, -0.1) is 0 Å². The van der Waals surface area contributed by atoms with E-state index in [2.05, 4.69) is 5.32 Å². The Balaban J connectivity index is 2.15. The zero-order valence-electron chi connectivity index (χ0n) is 8.49. The maximum absolute atomic E-state index is 11.5. The van der Waals surface area contributed by atoms with Gasteiger partial charge in [-0.3, -0.25) is 0 Å². The Morgan fingerprint density at radius 3 is 3.13 bits per heavy atom. The second-order valence-electron chi connectivity index (χ2n) is 3.46. The highest BCUT2D eigenvalue weighted by atomic mass is 16.5. The fourth-order valence-electron chi connectivity index (χ4n) is 1.75. The average molecular weight is 207 g/mol. The molecule has 1 aliphatic heterocycles. The molecule has 0 bridgehead atoms. The molecule has 1 aliphatic rings. The van der Waals surface area contributed by atoms with Crippen LogP contribution in [0.3, 0.4) is 0 Å². The van der Waals surface area contributed by atoms with E-state index < -0.39 is 0 Å². The summed E-state index contributed by atoms with van der Waals surface area (Å²) in [6, 6.07) is 4.84. The standard InChI is InChI=1S/C11H13NO3/c1-2-15-11(14)9-6-7-8(12-9)4-3-5-10(7)13/h3-5,9,12-13H,2,6H2,1H3. The van der Waals surface area contributed by atoms with Crippen molar-refractivity contribution in [2.45, 2.75) is 19.4 Å². The lowest BCUT2D eigenvalue weighted by Crippen LogP contribution is -2.28. The molecule has 15 heavy (non-hydrogen) atoms. The van der Waals surface area contributed by atoms with E-state index in [1.165, 1.54) is 0 Å². The maximum Gasteiger partial charge on any atom is 0.328 e. The highest BCUT2D eigenvalue weighted by Crippen LogP contribution is 2.32. The fourth-order valence-corrected chi connectivity index (χ4v) is 1.75. The van der Waals surface area contributed by atoms with Gasteiger partial charge in [0.2, 0.25) is 0 Å². The maximum atomic E-state index is 11.5. The van der Waals surface area contributed by atoms with Crippen molar-refractivity contribution in [1.82, 2.24) is 0 Å². The van der Waals surface area contributed by atoms with Gasteiger partial charge < -0.3 is 15.2 Å². The highest BCUT2D eigenvalue weighted by Gasteiger charge is 2.29. The molecule has 1 atom stereocenters. The van der Waals surface area contributed by atoms with E-state index in [9.17, 15) is 9.90 Å². The molecule has 4 nitrogen and oxygen atoms in total. The van der Waals surface area contributed by atoms with E-state index in [1.54, 1.807) is 19.1 Å². The Hall–Kier alpha value is -1.71. The van der Waals surface area contributed by atoms with Crippen molar-refractivity contribution in [3.05, 3.63) is 23.8 Å². The third-order valence-corrected chi connectivity index (χ3v) is 2.46. The molecule has 2 N–H and O–H groups in total. The van der Waals surface area contributed by atoms with Gasteiger partial charge >= 0.3 is 5.97 Å². The van der Waals surface area contributed by atoms with Crippen molar-refractivity contribution in [1.29, 1.82) is 0 Å². The Labute approximate surface area is 87.9 Å². The molecular weight excluding hydrogens is 194 g/mol. The van der Waals surface area contributed by atoms with E-state index in [4.69, 9.17) is 4.74 Å². The third-order valence-electron chi connectivity index (χ3n) is 2.46. The van der Waals surface area contributed by atoms with Crippen molar-refractivity contribution in [2.75, 3.05) is 11.9 Å². The molecule has 1 unspecified atom stereocenters. The number of aromatic hydroxyl groups is 1. The van der Waals surface area contributed by atoms with Crippen LogP contribution in [-0.2, 0) is 16.0 Å².